The van der Waals surface area contributed by atoms with Crippen LogP contribution < -0.4 is 10.6 Å². The van der Waals surface area contributed by atoms with Crippen molar-refractivity contribution in [3.63, 3.8) is 0 Å². The van der Waals surface area contributed by atoms with E-state index in [2.05, 4.69) is 10.6 Å². The molecule has 37 heavy (non-hydrogen) atoms. The van der Waals surface area contributed by atoms with Crippen LogP contribution in [0.15, 0.2) is 18.2 Å². The Morgan fingerprint density at radius 1 is 1.19 bits per heavy atom. The average Bonchev–Trinajstić information content (AvgIpc) is 3.49. The summed E-state index contributed by atoms with van der Waals surface area (Å²) in [5, 5.41) is 16.5. The van der Waals surface area contributed by atoms with Gasteiger partial charge >= 0.3 is 0 Å². The van der Waals surface area contributed by atoms with Crippen LogP contribution >= 0.6 is 0 Å². The van der Waals surface area contributed by atoms with Gasteiger partial charge in [0.15, 0.2) is 0 Å². The van der Waals surface area contributed by atoms with Gasteiger partial charge < -0.3 is 25.4 Å². The van der Waals surface area contributed by atoms with Gasteiger partial charge in [0.05, 0.1) is 30.1 Å². The number of nitrogens with one attached hydrogen (secondary N) is 2. The quantitative estimate of drug-likeness (QED) is 0.445. The SMILES string of the molecule is CCCNC(=O)[C@H]1[C@H]2C(=O)N([C@@H](CO)[C@@H](C)CC)C(C(=O)Nc3cc(C)ccc3C)C23CC[C@]1(CC)O3. The number of nitrogens with zero attached hydrogens (tertiary/aromatic N) is 1. The summed E-state index contributed by atoms with van der Waals surface area (Å²) in [6.07, 6.45) is 3.25. The number of ether oxygens (including phenoxy) is 1. The number of benzene rings is 1. The second kappa shape index (κ2) is 10.4. The molecule has 2 bridgehead atoms. The highest BCUT2D eigenvalue weighted by Gasteiger charge is 2.79. The molecule has 0 aromatic heterocycles. The fourth-order valence-corrected chi connectivity index (χ4v) is 6.95. The van der Waals surface area contributed by atoms with E-state index in [0.717, 1.165) is 24.0 Å². The summed E-state index contributed by atoms with van der Waals surface area (Å²) in [5.41, 5.74) is 0.746. The van der Waals surface area contributed by atoms with Crippen molar-refractivity contribution in [1.82, 2.24) is 10.2 Å². The van der Waals surface area contributed by atoms with Crippen LogP contribution in [0.2, 0.25) is 0 Å². The maximum atomic E-state index is 14.3. The van der Waals surface area contributed by atoms with Gasteiger partial charge in [-0.3, -0.25) is 14.4 Å². The van der Waals surface area contributed by atoms with Gasteiger partial charge in [0, 0.05) is 12.2 Å². The summed E-state index contributed by atoms with van der Waals surface area (Å²) in [6, 6.07) is 4.38. The summed E-state index contributed by atoms with van der Waals surface area (Å²) in [4.78, 5) is 43.6. The molecule has 0 radical (unpaired) electrons. The molecule has 3 heterocycles. The molecule has 204 valence electrons. The van der Waals surface area contributed by atoms with E-state index in [1.165, 1.54) is 0 Å². The molecule has 0 aliphatic carbocycles. The molecule has 3 amide bonds. The zero-order valence-electron chi connectivity index (χ0n) is 23.1. The van der Waals surface area contributed by atoms with Gasteiger partial charge in [-0.25, -0.2) is 0 Å². The van der Waals surface area contributed by atoms with Gasteiger partial charge in [-0.2, -0.15) is 0 Å². The lowest BCUT2D eigenvalue weighted by atomic mass is 9.65. The number of aliphatic hydroxyl groups excluding tert-OH is 1. The third kappa shape index (κ3) is 4.26. The number of aliphatic hydroxyl groups is 1. The van der Waals surface area contributed by atoms with E-state index in [-0.39, 0.29) is 30.2 Å². The number of hydrogen-bond donors (Lipinski definition) is 3. The zero-order valence-corrected chi connectivity index (χ0v) is 23.1. The molecule has 8 heteroatoms. The lowest BCUT2D eigenvalue weighted by Gasteiger charge is -2.39. The van der Waals surface area contributed by atoms with Gasteiger partial charge in [0.25, 0.3) is 0 Å². The van der Waals surface area contributed by atoms with Crippen LogP contribution in [0.5, 0.6) is 0 Å². The summed E-state index contributed by atoms with van der Waals surface area (Å²) in [6.45, 7) is 12.1. The fourth-order valence-electron chi connectivity index (χ4n) is 6.95. The molecule has 1 aromatic carbocycles. The minimum atomic E-state index is -1.11. The first-order valence-corrected chi connectivity index (χ1v) is 13.9. The molecule has 8 nitrogen and oxygen atoms in total. The van der Waals surface area contributed by atoms with E-state index in [1.54, 1.807) is 4.90 Å². The predicted molar refractivity (Wildman–Crippen MR) is 142 cm³/mol. The Labute approximate surface area is 220 Å². The Kier molecular flexibility index (Phi) is 7.73. The second-order valence-electron chi connectivity index (χ2n) is 11.3. The van der Waals surface area contributed by atoms with E-state index in [9.17, 15) is 19.5 Å². The molecule has 3 N–H and O–H groups in total. The van der Waals surface area contributed by atoms with E-state index in [4.69, 9.17) is 4.74 Å². The van der Waals surface area contributed by atoms with E-state index < -0.39 is 35.1 Å². The molecule has 3 aliphatic rings. The van der Waals surface area contributed by atoms with E-state index >= 15 is 0 Å². The van der Waals surface area contributed by atoms with Crippen LogP contribution in [-0.2, 0) is 19.1 Å². The number of fused-ring (bicyclic) bond motifs is 1. The van der Waals surface area contributed by atoms with Crippen LogP contribution in [0.3, 0.4) is 0 Å². The number of rotatable bonds is 10. The Morgan fingerprint density at radius 3 is 2.54 bits per heavy atom. The molecule has 1 spiro atoms. The van der Waals surface area contributed by atoms with E-state index in [0.29, 0.717) is 31.5 Å². The minimum absolute atomic E-state index is 0.0371. The lowest BCUT2D eigenvalue weighted by Crippen LogP contribution is -2.57. The van der Waals surface area contributed by atoms with Gasteiger partial charge in [-0.05, 0) is 62.6 Å². The number of carbonyl (C=O) groups excluding carboxylic acids is 3. The Balaban J connectivity index is 1.81. The van der Waals surface area contributed by atoms with Crippen molar-refractivity contribution < 1.29 is 24.2 Å². The van der Waals surface area contributed by atoms with Crippen LogP contribution in [-0.4, -0.2) is 64.2 Å². The summed E-state index contributed by atoms with van der Waals surface area (Å²) < 4.78 is 6.80. The number of carbonyl (C=O) groups is 3. The summed E-state index contributed by atoms with van der Waals surface area (Å²) in [5.74, 6) is -2.22. The van der Waals surface area contributed by atoms with Crippen LogP contribution in [0.25, 0.3) is 0 Å². The molecule has 1 aromatic rings. The summed E-state index contributed by atoms with van der Waals surface area (Å²) in [7, 11) is 0. The van der Waals surface area contributed by atoms with Crippen molar-refractivity contribution in [2.24, 2.45) is 17.8 Å². The first-order valence-electron chi connectivity index (χ1n) is 13.9. The average molecular weight is 514 g/mol. The molecule has 4 rings (SSSR count). The minimum Gasteiger partial charge on any atom is -0.394 e. The van der Waals surface area contributed by atoms with Gasteiger partial charge in [0.2, 0.25) is 17.7 Å². The Morgan fingerprint density at radius 2 is 1.92 bits per heavy atom. The van der Waals surface area contributed by atoms with Crippen molar-refractivity contribution in [3.8, 4) is 0 Å². The normalized spacial score (nSPS) is 31.8. The maximum absolute atomic E-state index is 14.3. The monoisotopic (exact) mass is 513 g/mol. The van der Waals surface area contributed by atoms with E-state index in [1.807, 2.05) is 59.7 Å². The van der Waals surface area contributed by atoms with Crippen molar-refractivity contribution >= 4 is 23.4 Å². The predicted octanol–water partition coefficient (Wildman–Crippen LogP) is 3.33. The smallest absolute Gasteiger partial charge is 0.250 e. The van der Waals surface area contributed by atoms with Crippen LogP contribution in [0.4, 0.5) is 5.69 Å². The van der Waals surface area contributed by atoms with Crippen molar-refractivity contribution in [2.75, 3.05) is 18.5 Å². The van der Waals surface area contributed by atoms with Crippen LogP contribution in [0.1, 0.15) is 70.9 Å². The maximum Gasteiger partial charge on any atom is 0.250 e. The zero-order chi connectivity index (χ0) is 27.1. The van der Waals surface area contributed by atoms with Crippen molar-refractivity contribution in [3.05, 3.63) is 29.3 Å². The molecule has 3 aliphatic heterocycles. The first kappa shape index (κ1) is 27.6. The third-order valence-electron chi connectivity index (χ3n) is 9.19. The molecule has 3 saturated heterocycles. The van der Waals surface area contributed by atoms with Crippen LogP contribution in [0, 0.1) is 31.6 Å². The third-order valence-corrected chi connectivity index (χ3v) is 9.19. The highest BCUT2D eigenvalue weighted by atomic mass is 16.5. The Hall–Kier alpha value is -2.45. The standard InChI is InChI=1S/C29H43N3O5/c1-7-14-30-25(34)22-23-27(36)32(21(16-33)18(5)8-2)24(29(23)13-12-28(22,9-3)37-29)26(35)31-20-15-17(4)10-11-19(20)6/h10-11,15,18,21-24,33H,7-9,12-14,16H2,1-6H3,(H,30,34)(H,31,35)/t18-,21-,22+,23-,24?,28-,29?/m0/s1. The second-order valence-corrected chi connectivity index (χ2v) is 11.3. The molecular weight excluding hydrogens is 470 g/mol. The lowest BCUT2D eigenvalue weighted by molar-refractivity contribution is -0.150. The topological polar surface area (TPSA) is 108 Å². The molecular formula is C29H43N3O5. The number of likely N-dealkylation sites (tertiary alicyclic amines) is 1. The number of anilines is 1. The molecule has 3 fully saturated rings. The number of aryl methyl sites for hydroxylation is 2. The first-order chi connectivity index (χ1) is 17.6. The van der Waals surface area contributed by atoms with Gasteiger partial charge in [-0.15, -0.1) is 0 Å². The number of hydrogen-bond acceptors (Lipinski definition) is 5. The number of amides is 3. The Bertz CT molecular complexity index is 1060. The molecule has 0 saturated carbocycles. The highest BCUT2D eigenvalue weighted by molar-refractivity contribution is 6.04. The van der Waals surface area contributed by atoms with Gasteiger partial charge in [0.1, 0.15) is 11.6 Å². The fraction of sp³-hybridized carbons (Fsp3) is 0.690. The molecule has 2 unspecified atom stereocenters. The summed E-state index contributed by atoms with van der Waals surface area (Å²) >= 11 is 0. The van der Waals surface area contributed by atoms with Crippen molar-refractivity contribution in [2.45, 2.75) is 96.9 Å². The van der Waals surface area contributed by atoms with Crippen molar-refractivity contribution in [1.29, 1.82) is 0 Å². The largest absolute Gasteiger partial charge is 0.394 e. The van der Waals surface area contributed by atoms with Gasteiger partial charge in [-0.1, -0.05) is 46.2 Å². The highest BCUT2D eigenvalue weighted by Crippen LogP contribution is 2.64. The molecule has 7 atom stereocenters.